The minimum atomic E-state index is -4.90. The van der Waals surface area contributed by atoms with Crippen LogP contribution in [0.5, 0.6) is 0 Å². The van der Waals surface area contributed by atoms with Crippen molar-refractivity contribution in [3.8, 4) is 0 Å². The molecule has 1 aromatic heterocycles. The van der Waals surface area contributed by atoms with E-state index in [4.69, 9.17) is 0 Å². The molecule has 118 valence electrons. The average molecular weight is 326 g/mol. The molecule has 0 fully saturated rings. The summed E-state index contributed by atoms with van der Waals surface area (Å²) in [6, 6.07) is 0.614. The van der Waals surface area contributed by atoms with E-state index in [9.17, 15) is 26.4 Å². The molecule has 0 radical (unpaired) electrons. The van der Waals surface area contributed by atoms with Crippen LogP contribution in [0.3, 0.4) is 0 Å². The minimum Gasteiger partial charge on any atom is -0.462 e. The molecule has 21 heavy (non-hydrogen) atoms. The Hall–Kier alpha value is -1.68. The fourth-order valence-corrected chi connectivity index (χ4v) is 2.26. The zero-order valence-electron chi connectivity index (χ0n) is 11.4. The molecule has 1 rings (SSSR count). The van der Waals surface area contributed by atoms with Gasteiger partial charge in [0.1, 0.15) is 4.90 Å². The van der Waals surface area contributed by atoms with Crippen LogP contribution in [0.1, 0.15) is 23.0 Å². The third-order valence-electron chi connectivity index (χ3n) is 2.41. The molecule has 0 N–H and O–H groups in total. The van der Waals surface area contributed by atoms with Crippen molar-refractivity contribution in [2.45, 2.75) is 18.0 Å². The number of pyridine rings is 1. The highest BCUT2D eigenvalue weighted by atomic mass is 32.2. The second-order valence-corrected chi connectivity index (χ2v) is 6.22. The quantitative estimate of drug-likeness (QED) is 0.784. The van der Waals surface area contributed by atoms with Gasteiger partial charge in [-0.2, -0.15) is 13.2 Å². The van der Waals surface area contributed by atoms with Crippen molar-refractivity contribution in [3.05, 3.63) is 23.5 Å². The molecule has 0 aliphatic carbocycles. The fraction of sp³-hybridized carbons (Fsp3) is 0.455. The highest BCUT2D eigenvalue weighted by Crippen LogP contribution is 2.31. The van der Waals surface area contributed by atoms with Crippen LogP contribution in [0.2, 0.25) is 0 Å². The molecule has 0 saturated carbocycles. The summed E-state index contributed by atoms with van der Waals surface area (Å²) in [5, 5.41) is 0. The van der Waals surface area contributed by atoms with Gasteiger partial charge in [0, 0.05) is 20.3 Å². The van der Waals surface area contributed by atoms with Crippen molar-refractivity contribution < 1.29 is 31.1 Å². The molecule has 10 heteroatoms. The summed E-state index contributed by atoms with van der Waals surface area (Å²) in [7, 11) is -1.60. The van der Waals surface area contributed by atoms with Crippen LogP contribution in [0.15, 0.2) is 17.2 Å². The molecule has 1 heterocycles. The lowest BCUT2D eigenvalue weighted by molar-refractivity contribution is -0.141. The molecule has 0 atom stereocenters. The predicted octanol–water partition coefficient (Wildman–Crippen LogP) is 1.53. The summed E-state index contributed by atoms with van der Waals surface area (Å²) in [5.41, 5.74) is -2.43. The van der Waals surface area contributed by atoms with E-state index in [2.05, 4.69) is 9.72 Å². The number of alkyl halides is 3. The summed E-state index contributed by atoms with van der Waals surface area (Å²) in [6.07, 6.45) is -4.34. The third kappa shape index (κ3) is 3.70. The Bertz CT molecular complexity index is 641. The Kier molecular flexibility index (Phi) is 4.95. The monoisotopic (exact) mass is 326 g/mol. The molecule has 0 saturated heterocycles. The predicted molar refractivity (Wildman–Crippen MR) is 66.1 cm³/mol. The molecule has 6 nitrogen and oxygen atoms in total. The standard InChI is InChI=1S/C11H13F3N2O4S/c1-4-20-10(17)8-5-7(21(18,19)16(2)3)6-15-9(8)11(12,13)14/h5-6H,4H2,1-3H3. The SMILES string of the molecule is CCOC(=O)c1cc(S(=O)(=O)N(C)C)cnc1C(F)(F)F. The number of halogens is 3. The molecular formula is C11H13F3N2O4S. The lowest BCUT2D eigenvalue weighted by atomic mass is 10.2. The molecule has 0 spiro atoms. The van der Waals surface area contributed by atoms with Gasteiger partial charge in [0.05, 0.1) is 12.2 Å². The van der Waals surface area contributed by atoms with E-state index in [0.717, 1.165) is 4.31 Å². The van der Waals surface area contributed by atoms with E-state index in [0.29, 0.717) is 12.3 Å². The Morgan fingerprint density at radius 1 is 1.38 bits per heavy atom. The van der Waals surface area contributed by atoms with Crippen molar-refractivity contribution in [2.75, 3.05) is 20.7 Å². The van der Waals surface area contributed by atoms with Gasteiger partial charge in [-0.25, -0.2) is 22.5 Å². The number of sulfonamides is 1. The van der Waals surface area contributed by atoms with E-state index in [1.165, 1.54) is 21.0 Å². The van der Waals surface area contributed by atoms with Gasteiger partial charge >= 0.3 is 12.1 Å². The highest BCUT2D eigenvalue weighted by molar-refractivity contribution is 7.89. The molecule has 1 aromatic rings. The second-order valence-electron chi connectivity index (χ2n) is 4.07. The normalized spacial score (nSPS) is 12.5. The number of carbonyl (C=O) groups excluding carboxylic acids is 1. The fourth-order valence-electron chi connectivity index (χ4n) is 1.39. The van der Waals surface area contributed by atoms with Crippen LogP contribution in [-0.4, -0.2) is 44.4 Å². The number of carbonyl (C=O) groups is 1. The lowest BCUT2D eigenvalue weighted by Gasteiger charge is -2.15. The van der Waals surface area contributed by atoms with Crippen molar-refractivity contribution in [1.29, 1.82) is 0 Å². The summed E-state index contributed by atoms with van der Waals surface area (Å²) in [6.45, 7) is 1.26. The molecule has 0 amide bonds. The number of hydrogen-bond donors (Lipinski definition) is 0. The van der Waals surface area contributed by atoms with Gasteiger partial charge in [-0.05, 0) is 13.0 Å². The molecule has 0 aliphatic rings. The molecule has 0 aromatic carbocycles. The summed E-state index contributed by atoms with van der Waals surface area (Å²) < 4.78 is 67.5. The van der Waals surface area contributed by atoms with E-state index in [1.807, 2.05) is 0 Å². The number of aromatic nitrogens is 1. The number of hydrogen-bond acceptors (Lipinski definition) is 5. The van der Waals surface area contributed by atoms with E-state index < -0.39 is 38.3 Å². The van der Waals surface area contributed by atoms with Crippen LogP contribution in [-0.2, 0) is 20.9 Å². The topological polar surface area (TPSA) is 76.6 Å². The first-order valence-electron chi connectivity index (χ1n) is 5.68. The van der Waals surface area contributed by atoms with E-state index >= 15 is 0 Å². The largest absolute Gasteiger partial charge is 0.462 e. The first kappa shape index (κ1) is 17.4. The maximum atomic E-state index is 12.8. The number of ether oxygens (including phenoxy) is 1. The Morgan fingerprint density at radius 3 is 2.38 bits per heavy atom. The number of esters is 1. The van der Waals surface area contributed by atoms with Crippen molar-refractivity contribution in [3.63, 3.8) is 0 Å². The first-order chi connectivity index (χ1) is 9.51. The molecule has 0 bridgehead atoms. The summed E-state index contributed by atoms with van der Waals surface area (Å²) >= 11 is 0. The Morgan fingerprint density at radius 2 is 1.95 bits per heavy atom. The van der Waals surface area contributed by atoms with Crippen LogP contribution in [0.25, 0.3) is 0 Å². The van der Waals surface area contributed by atoms with Gasteiger partial charge in [-0.1, -0.05) is 0 Å². The van der Waals surface area contributed by atoms with E-state index in [1.54, 1.807) is 0 Å². The van der Waals surface area contributed by atoms with Crippen molar-refractivity contribution in [1.82, 2.24) is 9.29 Å². The lowest BCUT2D eigenvalue weighted by Crippen LogP contribution is -2.24. The van der Waals surface area contributed by atoms with Crippen molar-refractivity contribution in [2.24, 2.45) is 0 Å². The van der Waals surface area contributed by atoms with Crippen molar-refractivity contribution >= 4 is 16.0 Å². The van der Waals surface area contributed by atoms with Crippen LogP contribution >= 0.6 is 0 Å². The van der Waals surface area contributed by atoms with Gasteiger partial charge in [0.15, 0.2) is 5.69 Å². The maximum absolute atomic E-state index is 12.8. The third-order valence-corrected chi connectivity index (χ3v) is 4.19. The Labute approximate surface area is 119 Å². The van der Waals surface area contributed by atoms with Crippen LogP contribution in [0, 0.1) is 0 Å². The maximum Gasteiger partial charge on any atom is 0.434 e. The second kappa shape index (κ2) is 5.98. The van der Waals surface area contributed by atoms with Gasteiger partial charge in [-0.3, -0.25) is 0 Å². The smallest absolute Gasteiger partial charge is 0.434 e. The molecule has 0 unspecified atom stereocenters. The Balaban J connectivity index is 3.52. The zero-order valence-corrected chi connectivity index (χ0v) is 12.2. The van der Waals surface area contributed by atoms with Gasteiger partial charge in [-0.15, -0.1) is 0 Å². The minimum absolute atomic E-state index is 0.152. The number of nitrogens with zero attached hydrogens (tertiary/aromatic N) is 2. The summed E-state index contributed by atoms with van der Waals surface area (Å²) in [5.74, 6) is -1.28. The highest BCUT2D eigenvalue weighted by Gasteiger charge is 2.38. The van der Waals surface area contributed by atoms with Gasteiger partial charge < -0.3 is 4.74 Å². The number of rotatable bonds is 4. The first-order valence-corrected chi connectivity index (χ1v) is 7.12. The summed E-state index contributed by atoms with van der Waals surface area (Å²) in [4.78, 5) is 14.1. The average Bonchev–Trinajstić information content (AvgIpc) is 2.37. The van der Waals surface area contributed by atoms with Gasteiger partial charge in [0.25, 0.3) is 0 Å². The van der Waals surface area contributed by atoms with E-state index in [-0.39, 0.29) is 6.61 Å². The van der Waals surface area contributed by atoms with Crippen LogP contribution < -0.4 is 0 Å². The zero-order chi connectivity index (χ0) is 16.4. The molecule has 0 aliphatic heterocycles. The van der Waals surface area contributed by atoms with Crippen LogP contribution in [0.4, 0.5) is 13.2 Å². The molecular weight excluding hydrogens is 313 g/mol. The van der Waals surface area contributed by atoms with Gasteiger partial charge in [0.2, 0.25) is 10.0 Å².